The van der Waals surface area contributed by atoms with Gasteiger partial charge in [-0.2, -0.15) is 0 Å². The van der Waals surface area contributed by atoms with Crippen LogP contribution in [-0.2, 0) is 6.42 Å². The van der Waals surface area contributed by atoms with Gasteiger partial charge in [-0.25, -0.2) is 4.98 Å². The van der Waals surface area contributed by atoms with E-state index >= 15 is 0 Å². The molecule has 1 unspecified atom stereocenters. The van der Waals surface area contributed by atoms with Crippen LogP contribution in [0.5, 0.6) is 0 Å². The zero-order valence-electron chi connectivity index (χ0n) is 8.53. The Morgan fingerprint density at radius 1 is 1.53 bits per heavy atom. The number of nitrogens with zero attached hydrogens (tertiary/aromatic N) is 1. The van der Waals surface area contributed by atoms with Crippen LogP contribution in [0.15, 0.2) is 18.2 Å². The molecule has 0 saturated heterocycles. The summed E-state index contributed by atoms with van der Waals surface area (Å²) in [5.41, 5.74) is 6.75. The molecular formula is C11H13ClN2S. The predicted octanol–water partition coefficient (Wildman–Crippen LogP) is 3.23. The lowest BCUT2D eigenvalue weighted by Crippen LogP contribution is -2.15. The molecule has 0 fully saturated rings. The third-order valence-corrected chi connectivity index (χ3v) is 3.52. The number of nitrogens with two attached hydrogens (primary N) is 1. The minimum absolute atomic E-state index is 0.237. The molecule has 2 N–H and O–H groups in total. The summed E-state index contributed by atoms with van der Waals surface area (Å²) in [5.74, 6) is 0. The highest BCUT2D eigenvalue weighted by Gasteiger charge is 2.05. The van der Waals surface area contributed by atoms with E-state index < -0.39 is 0 Å². The zero-order chi connectivity index (χ0) is 10.8. The summed E-state index contributed by atoms with van der Waals surface area (Å²) in [4.78, 5) is 4.53. The van der Waals surface area contributed by atoms with Gasteiger partial charge in [-0.15, -0.1) is 11.3 Å². The van der Waals surface area contributed by atoms with Gasteiger partial charge >= 0.3 is 0 Å². The number of aryl methyl sites for hydroxylation is 1. The summed E-state index contributed by atoms with van der Waals surface area (Å²) >= 11 is 7.62. The summed E-state index contributed by atoms with van der Waals surface area (Å²) in [7, 11) is 0. The van der Waals surface area contributed by atoms with Gasteiger partial charge in [0, 0.05) is 17.5 Å². The molecule has 1 aromatic carbocycles. The van der Waals surface area contributed by atoms with E-state index in [1.165, 1.54) is 0 Å². The molecule has 0 bridgehead atoms. The Labute approximate surface area is 98.1 Å². The molecule has 2 rings (SSSR count). The first-order valence-electron chi connectivity index (χ1n) is 4.95. The Hall–Kier alpha value is -0.640. The molecule has 4 heteroatoms. The van der Waals surface area contributed by atoms with E-state index in [2.05, 4.69) is 4.98 Å². The van der Waals surface area contributed by atoms with Crippen LogP contribution in [-0.4, -0.2) is 11.0 Å². The average Bonchev–Trinajstić information content (AvgIpc) is 2.56. The smallest absolute Gasteiger partial charge is 0.0939 e. The molecule has 0 saturated carbocycles. The molecule has 0 spiro atoms. The fourth-order valence-electron chi connectivity index (χ4n) is 1.40. The van der Waals surface area contributed by atoms with Gasteiger partial charge in [-0.1, -0.05) is 11.6 Å². The topological polar surface area (TPSA) is 38.9 Å². The molecule has 2 aromatic rings. The number of aromatic nitrogens is 1. The average molecular weight is 241 g/mol. The lowest BCUT2D eigenvalue weighted by atomic mass is 10.2. The van der Waals surface area contributed by atoms with E-state index in [0.29, 0.717) is 0 Å². The monoisotopic (exact) mass is 240 g/mol. The molecule has 80 valence electrons. The van der Waals surface area contributed by atoms with Crippen molar-refractivity contribution in [3.05, 3.63) is 28.2 Å². The van der Waals surface area contributed by atoms with Crippen LogP contribution in [0, 0.1) is 0 Å². The number of halogens is 1. The van der Waals surface area contributed by atoms with Crippen molar-refractivity contribution in [1.29, 1.82) is 0 Å². The standard InChI is InChI=1S/C11H13ClN2S/c1-7(13)2-5-11-14-9-4-3-8(12)6-10(9)15-11/h3-4,6-7H,2,5,13H2,1H3. The SMILES string of the molecule is CC(N)CCc1nc2ccc(Cl)cc2s1. The Kier molecular flexibility index (Phi) is 3.24. The van der Waals surface area contributed by atoms with E-state index in [9.17, 15) is 0 Å². The van der Waals surface area contributed by atoms with Crippen LogP contribution in [0.4, 0.5) is 0 Å². The van der Waals surface area contributed by atoms with Crippen molar-refractivity contribution in [2.24, 2.45) is 5.73 Å². The zero-order valence-corrected chi connectivity index (χ0v) is 10.1. The fourth-order valence-corrected chi connectivity index (χ4v) is 2.66. The van der Waals surface area contributed by atoms with Gasteiger partial charge in [-0.3, -0.25) is 0 Å². The fraction of sp³-hybridized carbons (Fsp3) is 0.364. The van der Waals surface area contributed by atoms with Gasteiger partial charge in [0.15, 0.2) is 0 Å². The molecule has 0 aliphatic heterocycles. The normalized spacial score (nSPS) is 13.3. The molecule has 1 heterocycles. The van der Waals surface area contributed by atoms with E-state index in [0.717, 1.165) is 33.1 Å². The maximum atomic E-state index is 5.91. The number of hydrogen-bond acceptors (Lipinski definition) is 3. The second-order valence-corrected chi connectivity index (χ2v) is 5.29. The van der Waals surface area contributed by atoms with Crippen LogP contribution >= 0.6 is 22.9 Å². The van der Waals surface area contributed by atoms with Gasteiger partial charge in [0.05, 0.1) is 15.2 Å². The van der Waals surface area contributed by atoms with Gasteiger partial charge in [0.1, 0.15) is 0 Å². The quantitative estimate of drug-likeness (QED) is 0.895. The molecule has 0 aliphatic rings. The first kappa shape index (κ1) is 10.9. The highest BCUT2D eigenvalue weighted by Crippen LogP contribution is 2.25. The second-order valence-electron chi connectivity index (χ2n) is 3.74. The molecule has 15 heavy (non-hydrogen) atoms. The first-order valence-corrected chi connectivity index (χ1v) is 6.15. The highest BCUT2D eigenvalue weighted by molar-refractivity contribution is 7.18. The molecule has 2 nitrogen and oxygen atoms in total. The lowest BCUT2D eigenvalue weighted by molar-refractivity contribution is 0.665. The molecule has 1 atom stereocenters. The summed E-state index contributed by atoms with van der Waals surface area (Å²) < 4.78 is 1.15. The minimum Gasteiger partial charge on any atom is -0.328 e. The third kappa shape index (κ3) is 2.68. The van der Waals surface area contributed by atoms with Gasteiger partial charge in [0.2, 0.25) is 0 Å². The molecule has 0 amide bonds. The van der Waals surface area contributed by atoms with Crippen molar-refractivity contribution < 1.29 is 0 Å². The van der Waals surface area contributed by atoms with E-state index in [4.69, 9.17) is 17.3 Å². The van der Waals surface area contributed by atoms with Crippen LogP contribution < -0.4 is 5.73 Å². The Morgan fingerprint density at radius 2 is 2.33 bits per heavy atom. The Balaban J connectivity index is 2.23. The maximum absolute atomic E-state index is 5.91. The van der Waals surface area contributed by atoms with Crippen molar-refractivity contribution in [1.82, 2.24) is 4.98 Å². The maximum Gasteiger partial charge on any atom is 0.0939 e. The van der Waals surface area contributed by atoms with Crippen molar-refractivity contribution in [2.75, 3.05) is 0 Å². The highest BCUT2D eigenvalue weighted by atomic mass is 35.5. The summed E-state index contributed by atoms with van der Waals surface area (Å²) in [5, 5.41) is 1.91. The first-order chi connectivity index (χ1) is 7.15. The molecule has 0 radical (unpaired) electrons. The van der Waals surface area contributed by atoms with Crippen molar-refractivity contribution >= 4 is 33.2 Å². The summed E-state index contributed by atoms with van der Waals surface area (Å²) in [6, 6.07) is 6.03. The van der Waals surface area contributed by atoms with Crippen LogP contribution in [0.25, 0.3) is 10.2 Å². The number of hydrogen-bond donors (Lipinski definition) is 1. The molecular weight excluding hydrogens is 228 g/mol. The summed E-state index contributed by atoms with van der Waals surface area (Å²) in [6.45, 7) is 2.02. The Morgan fingerprint density at radius 3 is 3.07 bits per heavy atom. The van der Waals surface area contributed by atoms with E-state index in [1.807, 2.05) is 25.1 Å². The van der Waals surface area contributed by atoms with Crippen LogP contribution in [0.1, 0.15) is 18.4 Å². The van der Waals surface area contributed by atoms with Crippen molar-refractivity contribution in [2.45, 2.75) is 25.8 Å². The minimum atomic E-state index is 0.237. The largest absolute Gasteiger partial charge is 0.328 e. The number of fused-ring (bicyclic) bond motifs is 1. The van der Waals surface area contributed by atoms with Crippen molar-refractivity contribution in [3.8, 4) is 0 Å². The summed E-state index contributed by atoms with van der Waals surface area (Å²) in [6.07, 6.45) is 1.93. The second kappa shape index (κ2) is 4.47. The lowest BCUT2D eigenvalue weighted by Gasteiger charge is -2.00. The van der Waals surface area contributed by atoms with Gasteiger partial charge in [0.25, 0.3) is 0 Å². The van der Waals surface area contributed by atoms with E-state index in [-0.39, 0.29) is 6.04 Å². The third-order valence-electron chi connectivity index (χ3n) is 2.21. The van der Waals surface area contributed by atoms with Gasteiger partial charge in [-0.05, 0) is 31.5 Å². The van der Waals surface area contributed by atoms with Crippen LogP contribution in [0.2, 0.25) is 5.02 Å². The Bertz CT molecular complexity index is 465. The van der Waals surface area contributed by atoms with Crippen LogP contribution in [0.3, 0.4) is 0 Å². The molecule has 0 aliphatic carbocycles. The predicted molar refractivity (Wildman–Crippen MR) is 66.6 cm³/mol. The number of thiazole rings is 1. The number of benzene rings is 1. The number of rotatable bonds is 3. The van der Waals surface area contributed by atoms with Crippen molar-refractivity contribution in [3.63, 3.8) is 0 Å². The van der Waals surface area contributed by atoms with Gasteiger partial charge < -0.3 is 5.73 Å². The molecule has 1 aromatic heterocycles. The van der Waals surface area contributed by atoms with E-state index in [1.54, 1.807) is 11.3 Å².